The molecule has 0 amide bonds. The molecule has 2 rings (SSSR count). The summed E-state index contributed by atoms with van der Waals surface area (Å²) in [7, 11) is 0. The van der Waals surface area contributed by atoms with Gasteiger partial charge in [-0.2, -0.15) is 5.10 Å². The highest BCUT2D eigenvalue weighted by atomic mass is 16.4. The molecule has 0 radical (unpaired) electrons. The van der Waals surface area contributed by atoms with Crippen LogP contribution in [0.5, 0.6) is 0 Å². The zero-order valence-electron chi connectivity index (χ0n) is 8.82. The molecule has 1 aliphatic rings. The summed E-state index contributed by atoms with van der Waals surface area (Å²) in [4.78, 5) is 15.0. The van der Waals surface area contributed by atoms with Gasteiger partial charge in [0.15, 0.2) is 0 Å². The van der Waals surface area contributed by atoms with E-state index in [0.717, 1.165) is 5.82 Å². The Morgan fingerprint density at radius 1 is 1.60 bits per heavy atom. The van der Waals surface area contributed by atoms with Crippen LogP contribution >= 0.6 is 0 Å². The molecule has 6 nitrogen and oxygen atoms in total. The first-order valence-electron chi connectivity index (χ1n) is 4.87. The number of hydrogen-bond acceptors (Lipinski definition) is 4. The first kappa shape index (κ1) is 10.1. The van der Waals surface area contributed by atoms with Crippen molar-refractivity contribution in [2.75, 3.05) is 13.1 Å². The Morgan fingerprint density at radius 2 is 2.27 bits per heavy atom. The minimum atomic E-state index is -0.802. The summed E-state index contributed by atoms with van der Waals surface area (Å²) in [5, 5.41) is 16.2. The summed E-state index contributed by atoms with van der Waals surface area (Å²) >= 11 is 0. The first-order chi connectivity index (χ1) is 7.03. The standard InChI is InChI=1S/C9H14N4O2/c1-6-11-7(2)13(12-6)9(3-8(14)15)4-10-5-9/h10H,3-5H2,1-2H3,(H,14,15). The predicted molar refractivity (Wildman–Crippen MR) is 52.6 cm³/mol. The summed E-state index contributed by atoms with van der Waals surface area (Å²) in [6.45, 7) is 4.94. The fraction of sp³-hybridized carbons (Fsp3) is 0.667. The van der Waals surface area contributed by atoms with Gasteiger partial charge in [0, 0.05) is 13.1 Å². The normalized spacial score (nSPS) is 18.5. The number of carboxylic acids is 1. The van der Waals surface area contributed by atoms with E-state index in [2.05, 4.69) is 15.4 Å². The second-order valence-electron chi connectivity index (χ2n) is 4.02. The molecular weight excluding hydrogens is 196 g/mol. The van der Waals surface area contributed by atoms with Crippen molar-refractivity contribution in [2.24, 2.45) is 0 Å². The Bertz CT molecular complexity index is 395. The van der Waals surface area contributed by atoms with Crippen LogP contribution in [0.15, 0.2) is 0 Å². The molecule has 1 aromatic rings. The van der Waals surface area contributed by atoms with E-state index in [9.17, 15) is 4.79 Å². The Hall–Kier alpha value is -1.43. The smallest absolute Gasteiger partial charge is 0.305 e. The number of aliphatic carboxylic acids is 1. The molecule has 15 heavy (non-hydrogen) atoms. The predicted octanol–water partition coefficient (Wildman–Crippen LogP) is -0.332. The molecule has 1 saturated heterocycles. The van der Waals surface area contributed by atoms with Gasteiger partial charge in [0.25, 0.3) is 0 Å². The van der Waals surface area contributed by atoms with E-state index in [-0.39, 0.29) is 6.42 Å². The molecule has 1 aliphatic heterocycles. The highest BCUT2D eigenvalue weighted by molar-refractivity contribution is 5.68. The zero-order chi connectivity index (χ0) is 11.1. The average molecular weight is 210 g/mol. The van der Waals surface area contributed by atoms with Crippen molar-refractivity contribution in [3.8, 4) is 0 Å². The molecule has 2 N–H and O–H groups in total. The maximum atomic E-state index is 10.8. The summed E-state index contributed by atoms with van der Waals surface area (Å²) < 4.78 is 1.74. The Morgan fingerprint density at radius 3 is 2.60 bits per heavy atom. The van der Waals surface area contributed by atoms with Crippen LogP contribution in [0.2, 0.25) is 0 Å². The average Bonchev–Trinajstić information content (AvgIpc) is 2.38. The first-order valence-corrected chi connectivity index (χ1v) is 4.87. The molecule has 0 spiro atoms. The van der Waals surface area contributed by atoms with E-state index in [1.807, 2.05) is 13.8 Å². The maximum absolute atomic E-state index is 10.8. The van der Waals surface area contributed by atoms with Gasteiger partial charge in [-0.25, -0.2) is 9.67 Å². The van der Waals surface area contributed by atoms with Crippen molar-refractivity contribution < 1.29 is 9.90 Å². The lowest BCUT2D eigenvalue weighted by molar-refractivity contribution is -0.140. The van der Waals surface area contributed by atoms with Gasteiger partial charge in [-0.1, -0.05) is 0 Å². The fourth-order valence-electron chi connectivity index (χ4n) is 2.01. The molecule has 0 atom stereocenters. The van der Waals surface area contributed by atoms with Crippen LogP contribution in [0.3, 0.4) is 0 Å². The summed E-state index contributed by atoms with van der Waals surface area (Å²) in [6, 6.07) is 0. The monoisotopic (exact) mass is 210 g/mol. The Labute approximate surface area is 87.3 Å². The van der Waals surface area contributed by atoms with Crippen molar-refractivity contribution in [1.82, 2.24) is 20.1 Å². The second-order valence-corrected chi connectivity index (χ2v) is 4.02. The van der Waals surface area contributed by atoms with Crippen LogP contribution in [0.1, 0.15) is 18.1 Å². The highest BCUT2D eigenvalue weighted by Gasteiger charge is 2.43. The number of aryl methyl sites for hydroxylation is 2. The van der Waals surface area contributed by atoms with Crippen LogP contribution in [-0.4, -0.2) is 38.9 Å². The number of carbonyl (C=O) groups is 1. The number of carboxylic acid groups (broad SMARTS) is 1. The number of rotatable bonds is 3. The van der Waals surface area contributed by atoms with Crippen molar-refractivity contribution in [3.63, 3.8) is 0 Å². The SMILES string of the molecule is Cc1nc(C)n(C2(CC(=O)O)CNC2)n1. The minimum Gasteiger partial charge on any atom is -0.481 e. The molecule has 0 saturated carbocycles. The largest absolute Gasteiger partial charge is 0.481 e. The van der Waals surface area contributed by atoms with Crippen LogP contribution in [0, 0.1) is 13.8 Å². The zero-order valence-corrected chi connectivity index (χ0v) is 8.82. The van der Waals surface area contributed by atoms with Crippen LogP contribution in [-0.2, 0) is 10.3 Å². The third-order valence-electron chi connectivity index (χ3n) is 2.71. The highest BCUT2D eigenvalue weighted by Crippen LogP contribution is 2.26. The van der Waals surface area contributed by atoms with Gasteiger partial charge in [-0.3, -0.25) is 4.79 Å². The molecule has 1 fully saturated rings. The van der Waals surface area contributed by atoms with Crippen molar-refractivity contribution >= 4 is 5.97 Å². The van der Waals surface area contributed by atoms with Gasteiger partial charge in [0.2, 0.25) is 0 Å². The summed E-state index contributed by atoms with van der Waals surface area (Å²) in [5.74, 6) is 0.656. The van der Waals surface area contributed by atoms with Crippen LogP contribution in [0.4, 0.5) is 0 Å². The van der Waals surface area contributed by atoms with E-state index in [1.54, 1.807) is 4.68 Å². The van der Waals surface area contributed by atoms with E-state index in [1.165, 1.54) is 0 Å². The number of nitrogens with zero attached hydrogens (tertiary/aromatic N) is 3. The molecule has 0 aliphatic carbocycles. The Kier molecular flexibility index (Phi) is 2.22. The molecule has 6 heteroatoms. The topological polar surface area (TPSA) is 80.0 Å². The summed E-state index contributed by atoms with van der Waals surface area (Å²) in [6.07, 6.45) is 0.0869. The van der Waals surface area contributed by atoms with E-state index >= 15 is 0 Å². The van der Waals surface area contributed by atoms with E-state index in [0.29, 0.717) is 18.9 Å². The van der Waals surface area contributed by atoms with Gasteiger partial charge < -0.3 is 10.4 Å². The maximum Gasteiger partial charge on any atom is 0.305 e. The van der Waals surface area contributed by atoms with Gasteiger partial charge in [0.05, 0.1) is 12.0 Å². The van der Waals surface area contributed by atoms with Crippen molar-refractivity contribution in [1.29, 1.82) is 0 Å². The number of aromatic nitrogens is 3. The summed E-state index contributed by atoms with van der Waals surface area (Å²) in [5.41, 5.74) is -0.419. The number of nitrogens with one attached hydrogen (secondary N) is 1. The van der Waals surface area contributed by atoms with Crippen LogP contribution in [0.25, 0.3) is 0 Å². The molecule has 0 bridgehead atoms. The second kappa shape index (κ2) is 3.30. The third kappa shape index (κ3) is 1.61. The Balaban J connectivity index is 2.33. The molecule has 2 heterocycles. The number of hydrogen-bond donors (Lipinski definition) is 2. The van der Waals surface area contributed by atoms with E-state index in [4.69, 9.17) is 5.11 Å². The molecule has 0 unspecified atom stereocenters. The molecule has 0 aromatic carbocycles. The van der Waals surface area contributed by atoms with Crippen molar-refractivity contribution in [3.05, 3.63) is 11.6 Å². The molecule has 1 aromatic heterocycles. The van der Waals surface area contributed by atoms with Gasteiger partial charge in [-0.05, 0) is 13.8 Å². The third-order valence-corrected chi connectivity index (χ3v) is 2.71. The van der Waals surface area contributed by atoms with E-state index < -0.39 is 11.5 Å². The fourth-order valence-corrected chi connectivity index (χ4v) is 2.01. The van der Waals surface area contributed by atoms with Gasteiger partial charge in [0.1, 0.15) is 11.6 Å². The lowest BCUT2D eigenvalue weighted by Gasteiger charge is -2.41. The van der Waals surface area contributed by atoms with Crippen LogP contribution < -0.4 is 5.32 Å². The van der Waals surface area contributed by atoms with Gasteiger partial charge >= 0.3 is 5.97 Å². The lowest BCUT2D eigenvalue weighted by atomic mass is 9.88. The molecule has 82 valence electrons. The molecular formula is C9H14N4O2. The van der Waals surface area contributed by atoms with Crippen molar-refractivity contribution in [2.45, 2.75) is 25.8 Å². The van der Waals surface area contributed by atoms with Gasteiger partial charge in [-0.15, -0.1) is 0 Å². The lowest BCUT2D eigenvalue weighted by Crippen LogP contribution is -2.62. The minimum absolute atomic E-state index is 0.0869. The quantitative estimate of drug-likeness (QED) is 0.714.